The summed E-state index contributed by atoms with van der Waals surface area (Å²) in [6, 6.07) is 4.51. The van der Waals surface area contributed by atoms with E-state index in [4.69, 9.17) is 0 Å². The summed E-state index contributed by atoms with van der Waals surface area (Å²) < 4.78 is 14.7. The zero-order valence-electron chi connectivity index (χ0n) is 12.5. The predicted molar refractivity (Wildman–Crippen MR) is 75.9 cm³/mol. The van der Waals surface area contributed by atoms with Gasteiger partial charge in [-0.3, -0.25) is 0 Å². The molecule has 0 aliphatic heterocycles. The second kappa shape index (κ2) is 5.27. The standard InChI is InChI=1S/C15H18FN3O2/c1-9-7-11(16)6-5-10(9)8-19-13(15(2,3)4)12(14(20)21)17-18-19/h5-7H,8H2,1-4H3,(H,20,21). The fraction of sp³-hybridized carbons (Fsp3) is 0.400. The third-order valence-electron chi connectivity index (χ3n) is 3.27. The van der Waals surface area contributed by atoms with Crippen LogP contribution < -0.4 is 0 Å². The van der Waals surface area contributed by atoms with E-state index in [9.17, 15) is 14.3 Å². The lowest BCUT2D eigenvalue weighted by Crippen LogP contribution is -2.22. The molecule has 0 unspecified atom stereocenters. The average Bonchev–Trinajstić information content (AvgIpc) is 2.76. The first kappa shape index (κ1) is 15.2. The predicted octanol–water partition coefficient (Wildman–Crippen LogP) is 2.77. The van der Waals surface area contributed by atoms with E-state index in [1.165, 1.54) is 12.1 Å². The Kier molecular flexibility index (Phi) is 3.80. The number of aromatic nitrogens is 3. The first-order valence-electron chi connectivity index (χ1n) is 6.62. The second-order valence-corrected chi connectivity index (χ2v) is 6.07. The number of aryl methyl sites for hydroxylation is 1. The summed E-state index contributed by atoms with van der Waals surface area (Å²) in [7, 11) is 0. The van der Waals surface area contributed by atoms with Crippen molar-refractivity contribution in [2.24, 2.45) is 0 Å². The number of rotatable bonds is 3. The molecule has 0 aliphatic carbocycles. The average molecular weight is 291 g/mol. The Morgan fingerprint density at radius 3 is 2.57 bits per heavy atom. The third-order valence-corrected chi connectivity index (χ3v) is 3.27. The number of hydrogen-bond acceptors (Lipinski definition) is 3. The molecule has 112 valence electrons. The molecule has 0 radical (unpaired) electrons. The van der Waals surface area contributed by atoms with Gasteiger partial charge in [0.15, 0.2) is 5.69 Å². The molecule has 1 aromatic carbocycles. The van der Waals surface area contributed by atoms with Crippen molar-refractivity contribution in [1.82, 2.24) is 15.0 Å². The van der Waals surface area contributed by atoms with Crippen molar-refractivity contribution in [1.29, 1.82) is 0 Å². The van der Waals surface area contributed by atoms with Crippen LogP contribution in [0.3, 0.4) is 0 Å². The van der Waals surface area contributed by atoms with Crippen LogP contribution in [0.2, 0.25) is 0 Å². The van der Waals surface area contributed by atoms with Gasteiger partial charge in [0, 0.05) is 5.41 Å². The minimum Gasteiger partial charge on any atom is -0.476 e. The maximum atomic E-state index is 13.2. The second-order valence-electron chi connectivity index (χ2n) is 6.07. The molecule has 0 fully saturated rings. The van der Waals surface area contributed by atoms with E-state index < -0.39 is 11.4 Å². The molecule has 21 heavy (non-hydrogen) atoms. The number of carbonyl (C=O) groups is 1. The molecule has 0 bridgehead atoms. The smallest absolute Gasteiger partial charge is 0.358 e. The first-order chi connectivity index (χ1) is 9.70. The molecule has 2 rings (SSSR count). The van der Waals surface area contributed by atoms with Gasteiger partial charge in [-0.25, -0.2) is 13.9 Å². The van der Waals surface area contributed by atoms with Gasteiger partial charge in [0.1, 0.15) is 5.82 Å². The first-order valence-corrected chi connectivity index (χ1v) is 6.62. The van der Waals surface area contributed by atoms with Gasteiger partial charge in [0.2, 0.25) is 0 Å². The summed E-state index contributed by atoms with van der Waals surface area (Å²) in [4.78, 5) is 11.3. The summed E-state index contributed by atoms with van der Waals surface area (Å²) in [6.07, 6.45) is 0. The molecule has 1 heterocycles. The molecule has 2 aromatic rings. The van der Waals surface area contributed by atoms with Gasteiger partial charge in [-0.1, -0.05) is 32.1 Å². The van der Waals surface area contributed by atoms with Gasteiger partial charge in [0.25, 0.3) is 0 Å². The van der Waals surface area contributed by atoms with Crippen molar-refractivity contribution in [3.63, 3.8) is 0 Å². The van der Waals surface area contributed by atoms with Gasteiger partial charge < -0.3 is 5.11 Å². The molecule has 6 heteroatoms. The highest BCUT2D eigenvalue weighted by Gasteiger charge is 2.29. The van der Waals surface area contributed by atoms with Crippen LogP contribution in [0, 0.1) is 12.7 Å². The van der Waals surface area contributed by atoms with Gasteiger partial charge in [0.05, 0.1) is 12.2 Å². The number of halogens is 1. The van der Waals surface area contributed by atoms with Crippen LogP contribution in [0.4, 0.5) is 4.39 Å². The van der Waals surface area contributed by atoms with E-state index in [1.807, 2.05) is 27.7 Å². The normalized spacial score (nSPS) is 11.7. The Hall–Kier alpha value is -2.24. The van der Waals surface area contributed by atoms with Crippen LogP contribution in [0.5, 0.6) is 0 Å². The number of carboxylic acid groups (broad SMARTS) is 1. The summed E-state index contributed by atoms with van der Waals surface area (Å²) in [5.41, 5.74) is 1.78. The van der Waals surface area contributed by atoms with Crippen LogP contribution in [-0.4, -0.2) is 26.1 Å². The van der Waals surface area contributed by atoms with Crippen LogP contribution in [0.1, 0.15) is 48.1 Å². The Labute approximate surface area is 122 Å². The highest BCUT2D eigenvalue weighted by molar-refractivity contribution is 5.86. The van der Waals surface area contributed by atoms with Crippen molar-refractivity contribution < 1.29 is 14.3 Å². The maximum absolute atomic E-state index is 13.2. The summed E-state index contributed by atoms with van der Waals surface area (Å²) in [6.45, 7) is 7.90. The SMILES string of the molecule is Cc1cc(F)ccc1Cn1nnc(C(=O)O)c1C(C)(C)C. The number of benzene rings is 1. The molecule has 5 nitrogen and oxygen atoms in total. The van der Waals surface area contributed by atoms with E-state index in [-0.39, 0.29) is 11.5 Å². The Bertz CT molecular complexity index is 687. The maximum Gasteiger partial charge on any atom is 0.358 e. The third kappa shape index (κ3) is 3.09. The van der Waals surface area contributed by atoms with E-state index in [0.29, 0.717) is 12.2 Å². The van der Waals surface area contributed by atoms with Gasteiger partial charge in [-0.2, -0.15) is 0 Å². The summed E-state index contributed by atoms with van der Waals surface area (Å²) >= 11 is 0. The number of nitrogens with zero attached hydrogens (tertiary/aromatic N) is 3. The lowest BCUT2D eigenvalue weighted by atomic mass is 9.90. The zero-order chi connectivity index (χ0) is 15.8. The lowest BCUT2D eigenvalue weighted by molar-refractivity contribution is 0.0687. The summed E-state index contributed by atoms with van der Waals surface area (Å²) in [5.74, 6) is -1.39. The van der Waals surface area contributed by atoms with E-state index in [2.05, 4.69) is 10.3 Å². The van der Waals surface area contributed by atoms with Crippen molar-refractivity contribution >= 4 is 5.97 Å². The molecule has 0 amide bonds. The van der Waals surface area contributed by atoms with Crippen LogP contribution in [0.25, 0.3) is 0 Å². The van der Waals surface area contributed by atoms with Crippen molar-refractivity contribution in [2.75, 3.05) is 0 Å². The summed E-state index contributed by atoms with van der Waals surface area (Å²) in [5, 5.41) is 17.0. The molecule has 0 saturated carbocycles. The van der Waals surface area contributed by atoms with Gasteiger partial charge in [-0.05, 0) is 30.2 Å². The molecule has 0 spiro atoms. The lowest BCUT2D eigenvalue weighted by Gasteiger charge is -2.20. The van der Waals surface area contributed by atoms with E-state index in [1.54, 1.807) is 10.7 Å². The zero-order valence-corrected chi connectivity index (χ0v) is 12.5. The number of carboxylic acids is 1. The highest BCUT2D eigenvalue weighted by atomic mass is 19.1. The minimum absolute atomic E-state index is 0.0396. The Morgan fingerprint density at radius 2 is 2.05 bits per heavy atom. The van der Waals surface area contributed by atoms with Crippen LogP contribution in [0.15, 0.2) is 18.2 Å². The van der Waals surface area contributed by atoms with Crippen LogP contribution in [-0.2, 0) is 12.0 Å². The Balaban J connectivity index is 2.47. The molecule has 0 atom stereocenters. The van der Waals surface area contributed by atoms with Crippen LogP contribution >= 0.6 is 0 Å². The fourth-order valence-corrected chi connectivity index (χ4v) is 2.31. The van der Waals surface area contributed by atoms with Crippen molar-refractivity contribution in [3.05, 3.63) is 46.5 Å². The van der Waals surface area contributed by atoms with Crippen molar-refractivity contribution in [3.8, 4) is 0 Å². The molecule has 0 saturated heterocycles. The molecular formula is C15H18FN3O2. The van der Waals surface area contributed by atoms with Gasteiger partial charge >= 0.3 is 5.97 Å². The largest absolute Gasteiger partial charge is 0.476 e. The number of hydrogen-bond donors (Lipinski definition) is 1. The molecule has 1 N–H and O–H groups in total. The van der Waals surface area contributed by atoms with Gasteiger partial charge in [-0.15, -0.1) is 5.10 Å². The Morgan fingerprint density at radius 1 is 1.38 bits per heavy atom. The highest BCUT2D eigenvalue weighted by Crippen LogP contribution is 2.25. The van der Waals surface area contributed by atoms with E-state index in [0.717, 1.165) is 11.1 Å². The molecule has 0 aliphatic rings. The minimum atomic E-state index is -1.10. The molecule has 1 aromatic heterocycles. The quantitative estimate of drug-likeness (QED) is 0.944. The topological polar surface area (TPSA) is 68.0 Å². The molecular weight excluding hydrogens is 273 g/mol. The van der Waals surface area contributed by atoms with E-state index >= 15 is 0 Å². The number of aromatic carboxylic acids is 1. The van der Waals surface area contributed by atoms with Crippen molar-refractivity contribution in [2.45, 2.75) is 39.7 Å². The monoisotopic (exact) mass is 291 g/mol. The fourth-order valence-electron chi connectivity index (χ4n) is 2.31.